The highest BCUT2D eigenvalue weighted by atomic mass is 79.9. The molecule has 0 spiro atoms. The van der Waals surface area contributed by atoms with Crippen molar-refractivity contribution in [3.63, 3.8) is 0 Å². The molecule has 102 valence electrons. The highest BCUT2D eigenvalue weighted by Gasteiger charge is 2.20. The van der Waals surface area contributed by atoms with E-state index in [0.29, 0.717) is 28.9 Å². The molecule has 0 aliphatic carbocycles. The topological polar surface area (TPSA) is 75.4 Å². The van der Waals surface area contributed by atoms with Crippen molar-refractivity contribution in [2.24, 2.45) is 0 Å². The molecular weight excluding hydrogens is 386 g/mol. The summed E-state index contributed by atoms with van der Waals surface area (Å²) < 4.78 is 29.3. The van der Waals surface area contributed by atoms with Gasteiger partial charge in [-0.15, -0.1) is 0 Å². The van der Waals surface area contributed by atoms with Gasteiger partial charge in [0.1, 0.15) is 0 Å². The lowest BCUT2D eigenvalue weighted by molar-refractivity contribution is 0.449. The minimum atomic E-state index is -3.58. The van der Waals surface area contributed by atoms with Crippen molar-refractivity contribution in [3.05, 3.63) is 21.1 Å². The zero-order chi connectivity index (χ0) is 13.9. The minimum absolute atomic E-state index is 0.352. The zero-order valence-electron chi connectivity index (χ0n) is 10.1. The summed E-state index contributed by atoms with van der Waals surface area (Å²) in [5, 5.41) is 0. The second-order valence-corrected chi connectivity index (χ2v) is 6.98. The van der Waals surface area contributed by atoms with Crippen LogP contribution in [0.25, 0.3) is 0 Å². The van der Waals surface area contributed by atoms with Gasteiger partial charge in [-0.1, -0.05) is 29.8 Å². The van der Waals surface area contributed by atoms with Crippen LogP contribution in [0.4, 0.5) is 11.4 Å². The number of benzene rings is 1. The Morgan fingerprint density at radius 2 is 1.83 bits per heavy atom. The normalized spacial score (nSPS) is 11.8. The molecule has 8 heteroatoms. The van der Waals surface area contributed by atoms with E-state index in [1.165, 1.54) is 4.31 Å². The Balaban J connectivity index is 3.12. The molecule has 0 aromatic heterocycles. The molecule has 0 aliphatic rings. The van der Waals surface area contributed by atoms with E-state index in [-0.39, 0.29) is 0 Å². The van der Waals surface area contributed by atoms with Gasteiger partial charge < -0.3 is 5.73 Å². The van der Waals surface area contributed by atoms with Crippen LogP contribution in [0, 0.1) is 0 Å². The third kappa shape index (κ3) is 3.59. The maximum Gasteiger partial charge on any atom is 0.301 e. The minimum Gasteiger partial charge on any atom is -0.397 e. The van der Waals surface area contributed by atoms with Crippen molar-refractivity contribution in [2.75, 3.05) is 23.5 Å². The number of nitrogens with one attached hydrogen (secondary N) is 1. The Morgan fingerprint density at radius 3 is 2.28 bits per heavy atom. The Bertz CT molecular complexity index is 507. The first-order valence-electron chi connectivity index (χ1n) is 5.34. The van der Waals surface area contributed by atoms with E-state index >= 15 is 0 Å². The molecule has 1 aromatic carbocycles. The van der Waals surface area contributed by atoms with Gasteiger partial charge >= 0.3 is 10.2 Å². The number of nitrogens with two attached hydrogens (primary N) is 1. The fourth-order valence-electron chi connectivity index (χ4n) is 1.46. The number of rotatable bonds is 5. The average molecular weight is 401 g/mol. The summed E-state index contributed by atoms with van der Waals surface area (Å²) in [6.45, 7) is 4.37. The Kier molecular flexibility index (Phi) is 5.45. The molecule has 1 aromatic rings. The van der Waals surface area contributed by atoms with Crippen molar-refractivity contribution in [1.82, 2.24) is 4.31 Å². The maximum absolute atomic E-state index is 12.1. The lowest BCUT2D eigenvalue weighted by Gasteiger charge is -2.20. The molecule has 0 atom stereocenters. The smallest absolute Gasteiger partial charge is 0.301 e. The highest BCUT2D eigenvalue weighted by Crippen LogP contribution is 2.33. The SMILES string of the molecule is CCN(CC)S(=O)(=O)Nc1c(N)cc(Br)cc1Br. The van der Waals surface area contributed by atoms with Crippen molar-refractivity contribution in [3.8, 4) is 0 Å². The van der Waals surface area contributed by atoms with Gasteiger partial charge in [-0.2, -0.15) is 12.7 Å². The van der Waals surface area contributed by atoms with Crippen molar-refractivity contribution in [2.45, 2.75) is 13.8 Å². The molecule has 3 N–H and O–H groups in total. The van der Waals surface area contributed by atoms with Crippen LogP contribution in [0.5, 0.6) is 0 Å². The van der Waals surface area contributed by atoms with E-state index in [4.69, 9.17) is 5.73 Å². The summed E-state index contributed by atoms with van der Waals surface area (Å²) in [6.07, 6.45) is 0. The van der Waals surface area contributed by atoms with Gasteiger partial charge in [0.15, 0.2) is 0 Å². The summed E-state index contributed by atoms with van der Waals surface area (Å²) in [7, 11) is -3.58. The summed E-state index contributed by atoms with van der Waals surface area (Å²) in [4.78, 5) is 0. The van der Waals surface area contributed by atoms with Crippen LogP contribution in [-0.2, 0) is 10.2 Å². The molecule has 1 rings (SSSR count). The molecule has 18 heavy (non-hydrogen) atoms. The molecule has 0 aliphatic heterocycles. The standard InChI is InChI=1S/C10H15Br2N3O2S/c1-3-15(4-2)18(16,17)14-10-8(12)5-7(11)6-9(10)13/h5-6,14H,3-4,13H2,1-2H3. The van der Waals surface area contributed by atoms with E-state index in [0.717, 1.165) is 4.47 Å². The number of hydrogen-bond acceptors (Lipinski definition) is 3. The molecule has 0 heterocycles. The van der Waals surface area contributed by atoms with Crippen molar-refractivity contribution in [1.29, 1.82) is 0 Å². The third-order valence-electron chi connectivity index (χ3n) is 2.36. The highest BCUT2D eigenvalue weighted by molar-refractivity contribution is 9.11. The predicted octanol–water partition coefficient (Wildman–Crippen LogP) is 2.79. The van der Waals surface area contributed by atoms with Gasteiger partial charge in [0.25, 0.3) is 0 Å². The molecule has 0 amide bonds. The summed E-state index contributed by atoms with van der Waals surface area (Å²) in [6, 6.07) is 3.38. The summed E-state index contributed by atoms with van der Waals surface area (Å²) in [5.41, 5.74) is 6.51. The molecule has 5 nitrogen and oxygen atoms in total. The van der Waals surface area contributed by atoms with Crippen LogP contribution in [0.2, 0.25) is 0 Å². The maximum atomic E-state index is 12.1. The number of halogens is 2. The molecule has 0 saturated carbocycles. The number of anilines is 2. The van der Waals surface area contributed by atoms with Gasteiger partial charge in [-0.3, -0.25) is 4.72 Å². The second-order valence-electron chi connectivity index (χ2n) is 3.54. The lowest BCUT2D eigenvalue weighted by Crippen LogP contribution is -2.35. The quantitative estimate of drug-likeness (QED) is 0.746. The average Bonchev–Trinajstić information content (AvgIpc) is 2.24. The van der Waals surface area contributed by atoms with E-state index in [9.17, 15) is 8.42 Å². The zero-order valence-corrected chi connectivity index (χ0v) is 14.1. The van der Waals surface area contributed by atoms with E-state index in [2.05, 4.69) is 36.6 Å². The van der Waals surface area contributed by atoms with E-state index in [1.807, 2.05) is 0 Å². The fraction of sp³-hybridized carbons (Fsp3) is 0.400. The largest absolute Gasteiger partial charge is 0.397 e. The first-order chi connectivity index (χ1) is 8.31. The number of nitrogen functional groups attached to an aromatic ring is 1. The Morgan fingerprint density at radius 1 is 1.28 bits per heavy atom. The third-order valence-corrected chi connectivity index (χ3v) is 5.10. The lowest BCUT2D eigenvalue weighted by atomic mass is 10.3. The van der Waals surface area contributed by atoms with Crippen molar-refractivity contribution < 1.29 is 8.42 Å². The second kappa shape index (κ2) is 6.23. The fourth-order valence-corrected chi connectivity index (χ4v) is 4.24. The van der Waals surface area contributed by atoms with Crippen LogP contribution in [0.15, 0.2) is 21.1 Å². The molecule has 0 fully saturated rings. The molecule has 0 bridgehead atoms. The van der Waals surface area contributed by atoms with Crippen LogP contribution in [-0.4, -0.2) is 25.8 Å². The molecule has 0 radical (unpaired) electrons. The van der Waals surface area contributed by atoms with Gasteiger partial charge in [-0.05, 0) is 28.1 Å². The Labute approximate surface area is 124 Å². The first-order valence-corrected chi connectivity index (χ1v) is 8.36. The van der Waals surface area contributed by atoms with Gasteiger partial charge in [0, 0.05) is 22.0 Å². The molecular formula is C10H15Br2N3O2S. The molecule has 0 saturated heterocycles. The van der Waals surface area contributed by atoms with Crippen LogP contribution >= 0.6 is 31.9 Å². The van der Waals surface area contributed by atoms with Crippen LogP contribution < -0.4 is 10.5 Å². The number of hydrogen-bond donors (Lipinski definition) is 2. The van der Waals surface area contributed by atoms with Gasteiger partial charge in [-0.25, -0.2) is 0 Å². The van der Waals surface area contributed by atoms with Crippen molar-refractivity contribution >= 4 is 53.4 Å². The van der Waals surface area contributed by atoms with Crippen LogP contribution in [0.1, 0.15) is 13.8 Å². The van der Waals surface area contributed by atoms with E-state index in [1.54, 1.807) is 26.0 Å². The summed E-state index contributed by atoms with van der Waals surface area (Å²) >= 11 is 6.57. The number of nitrogens with zero attached hydrogens (tertiary/aromatic N) is 1. The molecule has 0 unspecified atom stereocenters. The predicted molar refractivity (Wildman–Crippen MR) is 81.7 cm³/mol. The monoisotopic (exact) mass is 399 g/mol. The Hall–Kier alpha value is -0.310. The first kappa shape index (κ1) is 15.7. The summed E-state index contributed by atoms with van der Waals surface area (Å²) in [5.74, 6) is 0. The van der Waals surface area contributed by atoms with Gasteiger partial charge in [0.2, 0.25) is 0 Å². The van der Waals surface area contributed by atoms with Gasteiger partial charge in [0.05, 0.1) is 11.4 Å². The van der Waals surface area contributed by atoms with Crippen LogP contribution in [0.3, 0.4) is 0 Å². The van der Waals surface area contributed by atoms with E-state index < -0.39 is 10.2 Å².